The molecule has 4 nitrogen and oxygen atoms in total. The highest BCUT2D eigenvalue weighted by Crippen LogP contribution is 2.18. The van der Waals surface area contributed by atoms with Crippen LogP contribution in [0.4, 0.5) is 0 Å². The molecule has 0 aliphatic carbocycles. The third-order valence-corrected chi connectivity index (χ3v) is 2.70. The normalized spacial score (nSPS) is 12.6. The molecule has 20 heavy (non-hydrogen) atoms. The molecule has 0 saturated heterocycles. The Kier molecular flexibility index (Phi) is 7.62. The quantitative estimate of drug-likeness (QED) is 0.587. The van der Waals surface area contributed by atoms with Crippen LogP contribution in [0.5, 0.6) is 0 Å². The maximum absolute atomic E-state index is 11.2. The molecule has 0 spiro atoms. The van der Waals surface area contributed by atoms with E-state index in [0.29, 0.717) is 13.2 Å². The van der Waals surface area contributed by atoms with Gasteiger partial charge in [-0.3, -0.25) is 0 Å². The number of hydrogen-bond donors (Lipinski definition) is 1. The Bertz CT molecular complexity index is 423. The van der Waals surface area contributed by atoms with Gasteiger partial charge in [-0.05, 0) is 30.5 Å². The lowest BCUT2D eigenvalue weighted by atomic mass is 10.1. The summed E-state index contributed by atoms with van der Waals surface area (Å²) in [5, 5.41) is 9.31. The van der Waals surface area contributed by atoms with Gasteiger partial charge in [-0.15, -0.1) is 0 Å². The minimum absolute atomic E-state index is 0.0436. The highest BCUT2D eigenvalue weighted by molar-refractivity contribution is 5.87. The minimum Gasteiger partial charge on any atom is -0.463 e. The van der Waals surface area contributed by atoms with Crippen molar-refractivity contribution in [1.82, 2.24) is 0 Å². The lowest BCUT2D eigenvalue weighted by Gasteiger charge is -2.15. The largest absolute Gasteiger partial charge is 0.463 e. The molecule has 0 aliphatic heterocycles. The van der Waals surface area contributed by atoms with Gasteiger partial charge in [0.2, 0.25) is 0 Å². The van der Waals surface area contributed by atoms with Crippen LogP contribution in [0.15, 0.2) is 30.3 Å². The Hall–Kier alpha value is -1.65. The van der Waals surface area contributed by atoms with Crippen LogP contribution in [0, 0.1) is 0 Å². The fraction of sp³-hybridized carbons (Fsp3) is 0.438. The van der Waals surface area contributed by atoms with E-state index in [4.69, 9.17) is 9.47 Å². The van der Waals surface area contributed by atoms with Gasteiger partial charge in [0.25, 0.3) is 0 Å². The highest BCUT2D eigenvalue weighted by Gasteiger charge is 2.09. The van der Waals surface area contributed by atoms with Gasteiger partial charge in [-0.2, -0.15) is 0 Å². The van der Waals surface area contributed by atoms with E-state index in [9.17, 15) is 9.90 Å². The van der Waals surface area contributed by atoms with E-state index < -0.39 is 0 Å². The van der Waals surface area contributed by atoms with E-state index in [1.54, 1.807) is 13.0 Å². The van der Waals surface area contributed by atoms with Crippen molar-refractivity contribution in [3.05, 3.63) is 41.5 Å². The second kappa shape index (κ2) is 9.28. The summed E-state index contributed by atoms with van der Waals surface area (Å²) in [5.74, 6) is -0.351. The Morgan fingerprint density at radius 3 is 2.55 bits per heavy atom. The third kappa shape index (κ3) is 5.55. The Morgan fingerprint density at radius 1 is 1.30 bits per heavy atom. The first-order valence-electron chi connectivity index (χ1n) is 6.88. The predicted octanol–water partition coefficient (Wildman–Crippen LogP) is 2.72. The molecule has 0 saturated carbocycles. The summed E-state index contributed by atoms with van der Waals surface area (Å²) in [6.07, 6.45) is 3.72. The monoisotopic (exact) mass is 278 g/mol. The lowest BCUT2D eigenvalue weighted by Crippen LogP contribution is -2.09. The topological polar surface area (TPSA) is 55.8 Å². The summed E-state index contributed by atoms with van der Waals surface area (Å²) in [4.78, 5) is 11.2. The number of aliphatic hydroxyl groups excluding tert-OH is 1. The van der Waals surface area contributed by atoms with Gasteiger partial charge in [0.15, 0.2) is 0 Å². The highest BCUT2D eigenvalue weighted by atomic mass is 16.5. The van der Waals surface area contributed by atoms with Crippen molar-refractivity contribution in [2.45, 2.75) is 26.4 Å². The summed E-state index contributed by atoms with van der Waals surface area (Å²) in [7, 11) is 0. The van der Waals surface area contributed by atoms with Gasteiger partial charge < -0.3 is 14.6 Å². The average Bonchev–Trinajstić information content (AvgIpc) is 2.47. The first-order chi connectivity index (χ1) is 9.71. The van der Waals surface area contributed by atoms with Crippen molar-refractivity contribution in [3.8, 4) is 0 Å². The van der Waals surface area contributed by atoms with Gasteiger partial charge >= 0.3 is 5.97 Å². The predicted molar refractivity (Wildman–Crippen MR) is 78.2 cm³/mol. The molecule has 1 rings (SSSR count). The number of carbonyl (C=O) groups excluding carboxylic acids is 1. The van der Waals surface area contributed by atoms with E-state index in [0.717, 1.165) is 17.5 Å². The number of esters is 1. The second-order valence-corrected chi connectivity index (χ2v) is 4.29. The van der Waals surface area contributed by atoms with Crippen LogP contribution in [0.2, 0.25) is 0 Å². The van der Waals surface area contributed by atoms with Crippen molar-refractivity contribution in [1.29, 1.82) is 0 Å². The van der Waals surface area contributed by atoms with Crippen LogP contribution in [-0.2, 0) is 14.3 Å². The first kappa shape index (κ1) is 16.4. The number of benzene rings is 1. The molecule has 1 unspecified atom stereocenters. The van der Waals surface area contributed by atoms with E-state index in [1.807, 2.05) is 31.2 Å². The zero-order valence-corrected chi connectivity index (χ0v) is 12.0. The molecule has 0 fully saturated rings. The molecule has 0 bridgehead atoms. The molecule has 1 aromatic carbocycles. The molecule has 0 aliphatic rings. The van der Waals surface area contributed by atoms with Gasteiger partial charge in [-0.25, -0.2) is 4.79 Å². The summed E-state index contributed by atoms with van der Waals surface area (Å²) < 4.78 is 10.4. The summed E-state index contributed by atoms with van der Waals surface area (Å²) in [6, 6.07) is 7.54. The first-order valence-corrected chi connectivity index (χ1v) is 6.88. The van der Waals surface area contributed by atoms with Crippen molar-refractivity contribution in [3.63, 3.8) is 0 Å². The lowest BCUT2D eigenvalue weighted by molar-refractivity contribution is -0.137. The molecule has 1 N–H and O–H groups in total. The fourth-order valence-corrected chi connectivity index (χ4v) is 1.69. The van der Waals surface area contributed by atoms with Crippen LogP contribution in [-0.4, -0.2) is 30.9 Å². The van der Waals surface area contributed by atoms with E-state index in [1.165, 1.54) is 6.08 Å². The van der Waals surface area contributed by atoms with Crippen molar-refractivity contribution in [2.75, 3.05) is 19.8 Å². The zero-order chi connectivity index (χ0) is 14.8. The maximum Gasteiger partial charge on any atom is 0.330 e. The Labute approximate surface area is 120 Å². The molecule has 110 valence electrons. The van der Waals surface area contributed by atoms with Crippen LogP contribution in [0.25, 0.3) is 6.08 Å². The van der Waals surface area contributed by atoms with Gasteiger partial charge in [0.05, 0.1) is 13.2 Å². The number of aliphatic hydroxyl groups is 1. The van der Waals surface area contributed by atoms with Crippen molar-refractivity contribution < 1.29 is 19.4 Å². The molecule has 0 aromatic heterocycles. The molecule has 0 heterocycles. The molecule has 0 radical (unpaired) electrons. The maximum atomic E-state index is 11.2. The molecule has 0 amide bonds. The van der Waals surface area contributed by atoms with Gasteiger partial charge in [0, 0.05) is 12.7 Å². The Balaban J connectivity index is 2.65. The second-order valence-electron chi connectivity index (χ2n) is 4.29. The molecular weight excluding hydrogens is 256 g/mol. The van der Waals surface area contributed by atoms with Crippen LogP contribution in [0.1, 0.15) is 37.5 Å². The van der Waals surface area contributed by atoms with E-state index in [-0.39, 0.29) is 18.7 Å². The smallest absolute Gasteiger partial charge is 0.330 e. The Morgan fingerprint density at radius 2 is 2.00 bits per heavy atom. The minimum atomic E-state index is -0.351. The van der Waals surface area contributed by atoms with Gasteiger partial charge in [0.1, 0.15) is 6.10 Å². The van der Waals surface area contributed by atoms with Crippen molar-refractivity contribution in [2.24, 2.45) is 0 Å². The molecular formula is C16H22O4. The fourth-order valence-electron chi connectivity index (χ4n) is 1.69. The summed E-state index contributed by atoms with van der Waals surface area (Å²) in [6.45, 7) is 4.74. The SMILES string of the molecule is CCCOC(CO)c1ccc(C=CC(=O)OCC)cc1. The number of carbonyl (C=O) groups is 1. The van der Waals surface area contributed by atoms with Crippen LogP contribution >= 0.6 is 0 Å². The third-order valence-electron chi connectivity index (χ3n) is 2.70. The van der Waals surface area contributed by atoms with Crippen LogP contribution in [0.3, 0.4) is 0 Å². The zero-order valence-electron chi connectivity index (χ0n) is 12.0. The van der Waals surface area contributed by atoms with Crippen molar-refractivity contribution >= 4 is 12.0 Å². The van der Waals surface area contributed by atoms with E-state index in [2.05, 4.69) is 0 Å². The number of rotatable bonds is 8. The van der Waals surface area contributed by atoms with Gasteiger partial charge in [-0.1, -0.05) is 31.2 Å². The summed E-state index contributed by atoms with van der Waals surface area (Å²) >= 11 is 0. The molecule has 1 atom stereocenters. The molecule has 4 heteroatoms. The number of hydrogen-bond acceptors (Lipinski definition) is 4. The average molecular weight is 278 g/mol. The molecule has 1 aromatic rings. The number of ether oxygens (including phenoxy) is 2. The van der Waals surface area contributed by atoms with E-state index >= 15 is 0 Å². The summed E-state index contributed by atoms with van der Waals surface area (Å²) in [5.41, 5.74) is 1.82. The standard InChI is InChI=1S/C16H22O4/c1-3-11-20-15(12-17)14-8-5-13(6-9-14)7-10-16(18)19-4-2/h5-10,15,17H,3-4,11-12H2,1-2H3. The van der Waals surface area contributed by atoms with Crippen LogP contribution < -0.4 is 0 Å².